The minimum Gasteiger partial charge on any atom is -0.493 e. The molecule has 0 saturated carbocycles. The Bertz CT molecular complexity index is 733. The van der Waals surface area contributed by atoms with Crippen LogP contribution in [0.2, 0.25) is 0 Å². The van der Waals surface area contributed by atoms with Crippen molar-refractivity contribution in [1.82, 2.24) is 9.80 Å². The summed E-state index contributed by atoms with van der Waals surface area (Å²) in [6.07, 6.45) is 0. The molecule has 2 amide bonds. The van der Waals surface area contributed by atoms with E-state index in [-0.39, 0.29) is 6.03 Å². The van der Waals surface area contributed by atoms with Gasteiger partial charge in [0.25, 0.3) is 0 Å². The lowest BCUT2D eigenvalue weighted by molar-refractivity contribution is 0.217. The van der Waals surface area contributed by atoms with E-state index in [1.54, 1.807) is 31.2 Å². The van der Waals surface area contributed by atoms with Gasteiger partial charge < -0.3 is 24.6 Å². The fraction of sp³-hybridized carbons (Fsp3) is 0.409. The second-order valence-corrected chi connectivity index (χ2v) is 6.51. The smallest absolute Gasteiger partial charge is 0.321 e. The number of ether oxygens (including phenoxy) is 2. The highest BCUT2D eigenvalue weighted by molar-refractivity contribution is 5.89. The number of methoxy groups -OCH3 is 1. The molecular formula is C22H31N3O3. The number of amides is 2. The van der Waals surface area contributed by atoms with Crippen molar-refractivity contribution in [3.8, 4) is 11.5 Å². The van der Waals surface area contributed by atoms with E-state index in [2.05, 4.69) is 24.1 Å². The molecule has 0 spiro atoms. The monoisotopic (exact) mass is 385 g/mol. The van der Waals surface area contributed by atoms with Crippen LogP contribution in [0.15, 0.2) is 48.5 Å². The summed E-state index contributed by atoms with van der Waals surface area (Å²) in [5.41, 5.74) is 1.75. The van der Waals surface area contributed by atoms with E-state index in [0.717, 1.165) is 25.2 Å². The van der Waals surface area contributed by atoms with Crippen LogP contribution in [0.25, 0.3) is 0 Å². The fourth-order valence-corrected chi connectivity index (χ4v) is 2.84. The minimum absolute atomic E-state index is 0.178. The molecule has 0 unspecified atom stereocenters. The topological polar surface area (TPSA) is 54.0 Å². The predicted octanol–water partition coefficient (Wildman–Crippen LogP) is 4.08. The third-order valence-electron chi connectivity index (χ3n) is 4.58. The third-order valence-corrected chi connectivity index (χ3v) is 4.58. The summed E-state index contributed by atoms with van der Waals surface area (Å²) in [5, 5.41) is 2.92. The normalized spacial score (nSPS) is 10.6. The first-order chi connectivity index (χ1) is 13.6. The van der Waals surface area contributed by atoms with Crippen LogP contribution >= 0.6 is 0 Å². The zero-order valence-corrected chi connectivity index (χ0v) is 17.3. The van der Waals surface area contributed by atoms with Crippen molar-refractivity contribution >= 4 is 11.7 Å². The highest BCUT2D eigenvalue weighted by Crippen LogP contribution is 2.30. The summed E-state index contributed by atoms with van der Waals surface area (Å²) in [4.78, 5) is 16.4. The molecule has 6 heteroatoms. The number of benzene rings is 2. The zero-order valence-electron chi connectivity index (χ0n) is 17.3. The summed E-state index contributed by atoms with van der Waals surface area (Å²) in [6.45, 7) is 8.17. The summed E-state index contributed by atoms with van der Waals surface area (Å²) >= 11 is 0. The maximum atomic E-state index is 12.5. The molecule has 28 heavy (non-hydrogen) atoms. The number of urea groups is 1. The van der Waals surface area contributed by atoms with Crippen molar-refractivity contribution in [3.05, 3.63) is 54.1 Å². The van der Waals surface area contributed by atoms with Gasteiger partial charge in [-0.1, -0.05) is 44.2 Å². The maximum absolute atomic E-state index is 12.5. The van der Waals surface area contributed by atoms with Gasteiger partial charge in [-0.3, -0.25) is 0 Å². The molecule has 0 aromatic heterocycles. The van der Waals surface area contributed by atoms with Gasteiger partial charge in [-0.2, -0.15) is 0 Å². The van der Waals surface area contributed by atoms with Gasteiger partial charge in [0.05, 0.1) is 7.11 Å². The molecule has 0 saturated heterocycles. The van der Waals surface area contributed by atoms with E-state index in [1.807, 2.05) is 36.4 Å². The SMILES string of the molecule is CCN(CC)CCOc1cc(NC(=O)N(C)Cc2ccccc2)ccc1OC. The Hall–Kier alpha value is -2.73. The lowest BCUT2D eigenvalue weighted by Crippen LogP contribution is -2.30. The van der Waals surface area contributed by atoms with E-state index in [9.17, 15) is 4.79 Å². The number of nitrogens with one attached hydrogen (secondary N) is 1. The average Bonchev–Trinajstić information content (AvgIpc) is 2.72. The Balaban J connectivity index is 1.98. The summed E-state index contributed by atoms with van der Waals surface area (Å²) < 4.78 is 11.3. The first-order valence-electron chi connectivity index (χ1n) is 9.66. The lowest BCUT2D eigenvalue weighted by atomic mass is 10.2. The van der Waals surface area contributed by atoms with E-state index < -0.39 is 0 Å². The number of carbonyl (C=O) groups is 1. The van der Waals surface area contributed by atoms with Gasteiger partial charge in [-0.25, -0.2) is 4.79 Å². The molecule has 0 radical (unpaired) electrons. The molecule has 0 aliphatic rings. The number of rotatable bonds is 10. The Morgan fingerprint density at radius 3 is 2.39 bits per heavy atom. The maximum Gasteiger partial charge on any atom is 0.321 e. The molecule has 0 atom stereocenters. The Kier molecular flexibility index (Phi) is 8.62. The lowest BCUT2D eigenvalue weighted by Gasteiger charge is -2.20. The van der Waals surface area contributed by atoms with Crippen LogP contribution in [0.5, 0.6) is 11.5 Å². The number of hydrogen-bond donors (Lipinski definition) is 1. The Morgan fingerprint density at radius 2 is 1.75 bits per heavy atom. The third kappa shape index (κ3) is 6.46. The van der Waals surface area contributed by atoms with Crippen LogP contribution in [-0.4, -0.2) is 56.2 Å². The molecule has 152 valence electrons. The fourth-order valence-electron chi connectivity index (χ4n) is 2.84. The number of carbonyl (C=O) groups excluding carboxylic acids is 1. The van der Waals surface area contributed by atoms with Crippen LogP contribution in [0.4, 0.5) is 10.5 Å². The zero-order chi connectivity index (χ0) is 20.4. The molecule has 0 heterocycles. The quantitative estimate of drug-likeness (QED) is 0.670. The standard InChI is InChI=1S/C22H31N3O3/c1-5-25(6-2)14-15-28-21-16-19(12-13-20(21)27-4)23-22(26)24(3)17-18-10-8-7-9-11-18/h7-13,16H,5-6,14-15,17H2,1-4H3,(H,23,26). The van der Waals surface area contributed by atoms with Gasteiger partial charge in [0.1, 0.15) is 6.61 Å². The molecule has 0 aliphatic heterocycles. The largest absolute Gasteiger partial charge is 0.493 e. The predicted molar refractivity (Wildman–Crippen MR) is 113 cm³/mol. The van der Waals surface area contributed by atoms with Crippen molar-refractivity contribution in [2.75, 3.05) is 45.7 Å². The second kappa shape index (κ2) is 11.2. The summed E-state index contributed by atoms with van der Waals surface area (Å²) in [6, 6.07) is 15.1. The minimum atomic E-state index is -0.178. The number of hydrogen-bond acceptors (Lipinski definition) is 4. The van der Waals surface area contributed by atoms with Gasteiger partial charge in [-0.15, -0.1) is 0 Å². The molecule has 0 bridgehead atoms. The van der Waals surface area contributed by atoms with Crippen LogP contribution in [0.3, 0.4) is 0 Å². The Morgan fingerprint density at radius 1 is 1.04 bits per heavy atom. The van der Waals surface area contributed by atoms with E-state index in [1.165, 1.54) is 0 Å². The number of likely N-dealkylation sites (N-methyl/N-ethyl adjacent to an activating group) is 1. The first kappa shape index (κ1) is 21.6. The molecule has 0 fully saturated rings. The summed E-state index contributed by atoms with van der Waals surface area (Å²) in [7, 11) is 3.38. The highest BCUT2D eigenvalue weighted by Gasteiger charge is 2.12. The van der Waals surface area contributed by atoms with Gasteiger partial charge in [0.15, 0.2) is 11.5 Å². The Labute approximate surface area is 168 Å². The van der Waals surface area contributed by atoms with Crippen LogP contribution in [-0.2, 0) is 6.54 Å². The molecule has 1 N–H and O–H groups in total. The molecular weight excluding hydrogens is 354 g/mol. The first-order valence-corrected chi connectivity index (χ1v) is 9.66. The highest BCUT2D eigenvalue weighted by atomic mass is 16.5. The van der Waals surface area contributed by atoms with E-state index in [0.29, 0.717) is 30.3 Å². The van der Waals surface area contributed by atoms with Crippen molar-refractivity contribution in [3.63, 3.8) is 0 Å². The van der Waals surface area contributed by atoms with Gasteiger partial charge >= 0.3 is 6.03 Å². The molecule has 0 aliphatic carbocycles. The van der Waals surface area contributed by atoms with Crippen molar-refractivity contribution < 1.29 is 14.3 Å². The molecule has 6 nitrogen and oxygen atoms in total. The van der Waals surface area contributed by atoms with Gasteiger partial charge in [-0.05, 0) is 30.8 Å². The van der Waals surface area contributed by atoms with Crippen molar-refractivity contribution in [2.24, 2.45) is 0 Å². The molecule has 2 rings (SSSR count). The van der Waals surface area contributed by atoms with Crippen LogP contribution in [0, 0.1) is 0 Å². The number of nitrogens with zero attached hydrogens (tertiary/aromatic N) is 2. The van der Waals surface area contributed by atoms with E-state index >= 15 is 0 Å². The second-order valence-electron chi connectivity index (χ2n) is 6.51. The van der Waals surface area contributed by atoms with Crippen molar-refractivity contribution in [2.45, 2.75) is 20.4 Å². The average molecular weight is 386 g/mol. The van der Waals surface area contributed by atoms with Gasteiger partial charge in [0.2, 0.25) is 0 Å². The summed E-state index contributed by atoms with van der Waals surface area (Å²) in [5.74, 6) is 1.27. The van der Waals surface area contributed by atoms with Crippen molar-refractivity contribution in [1.29, 1.82) is 0 Å². The molecule has 2 aromatic rings. The molecule has 2 aromatic carbocycles. The number of anilines is 1. The van der Waals surface area contributed by atoms with Gasteiger partial charge in [0, 0.05) is 31.9 Å². The van der Waals surface area contributed by atoms with Crippen LogP contribution in [0.1, 0.15) is 19.4 Å². The van der Waals surface area contributed by atoms with Crippen LogP contribution < -0.4 is 14.8 Å². The van der Waals surface area contributed by atoms with E-state index in [4.69, 9.17) is 9.47 Å².